The van der Waals surface area contributed by atoms with Gasteiger partial charge in [0, 0.05) is 17.4 Å². The van der Waals surface area contributed by atoms with Gasteiger partial charge >= 0.3 is 5.97 Å². The number of rotatable bonds is 3. The Balaban J connectivity index is 2.92. The molecule has 15 heavy (non-hydrogen) atoms. The summed E-state index contributed by atoms with van der Waals surface area (Å²) >= 11 is 9.24. The molecule has 1 aliphatic heterocycles. The highest BCUT2D eigenvalue weighted by Gasteiger charge is 2.26. The maximum Gasteiger partial charge on any atom is 0.358 e. The van der Waals surface area contributed by atoms with Crippen LogP contribution in [0.15, 0.2) is 14.5 Å². The van der Waals surface area contributed by atoms with Crippen molar-refractivity contribution in [3.63, 3.8) is 0 Å². The molecule has 1 rings (SSSR count). The Morgan fingerprint density at radius 2 is 2.47 bits per heavy atom. The predicted molar refractivity (Wildman–Crippen MR) is 63.3 cm³/mol. The molecule has 0 aromatic rings. The summed E-state index contributed by atoms with van der Waals surface area (Å²) in [4.78, 5) is 15.6. The van der Waals surface area contributed by atoms with E-state index >= 15 is 0 Å². The van der Waals surface area contributed by atoms with Crippen molar-refractivity contribution in [1.29, 1.82) is 0 Å². The Kier molecular flexibility index (Phi) is 4.76. The fourth-order valence-corrected chi connectivity index (χ4v) is 1.95. The van der Waals surface area contributed by atoms with Crippen LogP contribution in [0.25, 0.3) is 0 Å². The first kappa shape index (κ1) is 12.7. The number of hydrogen-bond donors (Lipinski definition) is 1. The van der Waals surface area contributed by atoms with Gasteiger partial charge in [-0.3, -0.25) is 4.99 Å². The number of ether oxygens (including phenoxy) is 1. The number of carbonyl (C=O) groups excluding carboxylic acids is 1. The molecule has 0 fully saturated rings. The third kappa shape index (κ3) is 3.03. The minimum atomic E-state index is -0.502. The largest absolute Gasteiger partial charge is 0.461 e. The topological polar surface area (TPSA) is 64.7 Å². The normalized spacial score (nSPS) is 21.3. The van der Waals surface area contributed by atoms with Gasteiger partial charge in [-0.15, -0.1) is 0 Å². The van der Waals surface area contributed by atoms with Crippen LogP contribution >= 0.6 is 27.5 Å². The molecule has 1 aliphatic rings. The molecule has 6 heteroatoms. The molecule has 1 unspecified atom stereocenters. The van der Waals surface area contributed by atoms with E-state index < -0.39 is 5.97 Å². The van der Waals surface area contributed by atoms with Gasteiger partial charge in [0.2, 0.25) is 0 Å². The minimum Gasteiger partial charge on any atom is -0.461 e. The number of hydrogen-bond acceptors (Lipinski definition) is 4. The molecule has 0 aromatic carbocycles. The monoisotopic (exact) mass is 294 g/mol. The number of halogens is 2. The van der Waals surface area contributed by atoms with E-state index in [4.69, 9.17) is 22.1 Å². The van der Waals surface area contributed by atoms with Crippen LogP contribution in [0.3, 0.4) is 0 Å². The molecule has 0 saturated carbocycles. The van der Waals surface area contributed by atoms with Gasteiger partial charge in [0.1, 0.15) is 0 Å². The number of dihydropyridines is 1. The van der Waals surface area contributed by atoms with Crippen LogP contribution in [0.4, 0.5) is 0 Å². The van der Waals surface area contributed by atoms with Crippen LogP contribution in [-0.4, -0.2) is 30.9 Å². The Morgan fingerprint density at radius 1 is 1.80 bits per heavy atom. The van der Waals surface area contributed by atoms with Crippen LogP contribution in [0, 0.1) is 0 Å². The van der Waals surface area contributed by atoms with Crippen LogP contribution in [0.5, 0.6) is 0 Å². The molecule has 1 heterocycles. The van der Waals surface area contributed by atoms with Crippen LogP contribution < -0.4 is 5.73 Å². The van der Waals surface area contributed by atoms with Gasteiger partial charge in [0.25, 0.3) is 0 Å². The van der Waals surface area contributed by atoms with Gasteiger partial charge in [-0.05, 0) is 6.92 Å². The van der Waals surface area contributed by atoms with E-state index in [-0.39, 0.29) is 11.8 Å². The Morgan fingerprint density at radius 3 is 3.00 bits per heavy atom. The van der Waals surface area contributed by atoms with Crippen LogP contribution in [0.2, 0.25) is 0 Å². The molecule has 0 saturated heterocycles. The summed E-state index contributed by atoms with van der Waals surface area (Å²) in [5.41, 5.74) is 5.66. The van der Waals surface area contributed by atoms with Crippen molar-refractivity contribution in [2.24, 2.45) is 10.7 Å². The number of nitrogens with two attached hydrogens (primary N) is 1. The SMILES string of the molecule is CCOC(=O)C1=NC(CN)CC(Br)=C1Cl. The highest BCUT2D eigenvalue weighted by molar-refractivity contribution is 9.11. The van der Waals surface area contributed by atoms with E-state index in [1.54, 1.807) is 6.92 Å². The number of carbonyl (C=O) groups is 1. The summed E-state index contributed by atoms with van der Waals surface area (Å²) in [7, 11) is 0. The molecule has 0 spiro atoms. The number of nitrogens with zero attached hydrogens (tertiary/aromatic N) is 1. The van der Waals surface area contributed by atoms with Crippen LogP contribution in [-0.2, 0) is 9.53 Å². The number of esters is 1. The zero-order valence-electron chi connectivity index (χ0n) is 8.30. The van der Waals surface area contributed by atoms with E-state index in [1.807, 2.05) is 0 Å². The van der Waals surface area contributed by atoms with Gasteiger partial charge in [0.05, 0.1) is 17.7 Å². The maximum atomic E-state index is 11.5. The van der Waals surface area contributed by atoms with Crippen LogP contribution in [0.1, 0.15) is 13.3 Å². The van der Waals surface area contributed by atoms with E-state index in [2.05, 4.69) is 20.9 Å². The third-order valence-electron chi connectivity index (χ3n) is 1.91. The van der Waals surface area contributed by atoms with Gasteiger partial charge in [0.15, 0.2) is 5.71 Å². The summed E-state index contributed by atoms with van der Waals surface area (Å²) in [5, 5.41) is 0.318. The second-order valence-electron chi connectivity index (χ2n) is 3.01. The van der Waals surface area contributed by atoms with E-state index in [9.17, 15) is 4.79 Å². The fourth-order valence-electron chi connectivity index (χ4n) is 1.19. The first-order chi connectivity index (χ1) is 7.10. The first-order valence-corrected chi connectivity index (χ1v) is 5.76. The van der Waals surface area contributed by atoms with Crippen molar-refractivity contribution in [1.82, 2.24) is 0 Å². The van der Waals surface area contributed by atoms with E-state index in [1.165, 1.54) is 0 Å². The average Bonchev–Trinajstić information content (AvgIpc) is 2.22. The summed E-state index contributed by atoms with van der Waals surface area (Å²) in [6.45, 7) is 2.41. The van der Waals surface area contributed by atoms with E-state index in [0.29, 0.717) is 24.6 Å². The first-order valence-electron chi connectivity index (χ1n) is 4.59. The van der Waals surface area contributed by atoms with E-state index in [0.717, 1.165) is 4.48 Å². The standard InChI is InChI=1S/C9H12BrClN2O2/c1-2-15-9(14)8-7(11)6(10)3-5(4-12)13-8/h5H,2-4,12H2,1H3. The molecule has 0 bridgehead atoms. The van der Waals surface area contributed by atoms with Crippen molar-refractivity contribution >= 4 is 39.2 Å². The predicted octanol–water partition coefficient (Wildman–Crippen LogP) is 1.57. The lowest BCUT2D eigenvalue weighted by Crippen LogP contribution is -2.28. The fraction of sp³-hybridized carbons (Fsp3) is 0.556. The van der Waals surface area contributed by atoms with Gasteiger partial charge in [-0.25, -0.2) is 4.79 Å². The smallest absolute Gasteiger partial charge is 0.358 e. The Labute approximate surface area is 102 Å². The lowest BCUT2D eigenvalue weighted by atomic mass is 10.1. The molecule has 0 amide bonds. The number of aliphatic imine (C=N–C) groups is 1. The second kappa shape index (κ2) is 5.63. The molecule has 0 aliphatic carbocycles. The van der Waals surface area contributed by atoms with Crippen molar-refractivity contribution < 1.29 is 9.53 Å². The molecule has 0 aromatic heterocycles. The lowest BCUT2D eigenvalue weighted by molar-refractivity contribution is -0.134. The lowest BCUT2D eigenvalue weighted by Gasteiger charge is -2.18. The Bertz CT molecular complexity index is 328. The summed E-state index contributed by atoms with van der Waals surface area (Å²) < 4.78 is 5.59. The second-order valence-corrected chi connectivity index (χ2v) is 4.35. The van der Waals surface area contributed by atoms with Crippen molar-refractivity contribution in [3.8, 4) is 0 Å². The zero-order chi connectivity index (χ0) is 11.4. The maximum absolute atomic E-state index is 11.5. The average molecular weight is 296 g/mol. The highest BCUT2D eigenvalue weighted by atomic mass is 79.9. The van der Waals surface area contributed by atoms with Crippen molar-refractivity contribution in [2.45, 2.75) is 19.4 Å². The molecule has 1 atom stereocenters. The van der Waals surface area contributed by atoms with Crippen molar-refractivity contribution in [3.05, 3.63) is 9.51 Å². The molecule has 2 N–H and O–H groups in total. The van der Waals surface area contributed by atoms with Gasteiger partial charge in [-0.1, -0.05) is 27.5 Å². The quantitative estimate of drug-likeness (QED) is 0.804. The summed E-state index contributed by atoms with van der Waals surface area (Å²) in [6.07, 6.45) is 0.623. The zero-order valence-corrected chi connectivity index (χ0v) is 10.6. The molecule has 84 valence electrons. The summed E-state index contributed by atoms with van der Waals surface area (Å²) in [5.74, 6) is -0.502. The summed E-state index contributed by atoms with van der Waals surface area (Å²) in [6, 6.07) is -0.110. The molecular weight excluding hydrogens is 283 g/mol. The molecule has 0 radical (unpaired) electrons. The third-order valence-corrected chi connectivity index (χ3v) is 3.27. The molecular formula is C9H12BrClN2O2. The van der Waals surface area contributed by atoms with Crippen molar-refractivity contribution in [2.75, 3.05) is 13.2 Å². The van der Waals surface area contributed by atoms with Gasteiger partial charge in [-0.2, -0.15) is 0 Å². The Hall–Kier alpha value is -0.390. The van der Waals surface area contributed by atoms with Gasteiger partial charge < -0.3 is 10.5 Å². The molecule has 4 nitrogen and oxygen atoms in total. The minimum absolute atomic E-state index is 0.110. The highest BCUT2D eigenvalue weighted by Crippen LogP contribution is 2.28.